The Bertz CT molecular complexity index is 390. The van der Waals surface area contributed by atoms with Gasteiger partial charge in [-0.25, -0.2) is 0 Å². The van der Waals surface area contributed by atoms with E-state index < -0.39 is 0 Å². The van der Waals surface area contributed by atoms with E-state index in [2.05, 4.69) is 24.9 Å². The lowest BCUT2D eigenvalue weighted by Gasteiger charge is -2.38. The molecular weight excluding hydrogens is 232 g/mol. The Morgan fingerprint density at radius 1 is 1.47 bits per heavy atom. The monoisotopic (exact) mass is 252 g/mol. The molecule has 1 saturated carbocycles. The minimum atomic E-state index is 0.127. The molecule has 1 atom stereocenters. The lowest BCUT2D eigenvalue weighted by molar-refractivity contribution is 0.113. The first-order valence-electron chi connectivity index (χ1n) is 6.22. The molecule has 1 aliphatic carbocycles. The van der Waals surface area contributed by atoms with E-state index in [1.807, 2.05) is 18.2 Å². The van der Waals surface area contributed by atoms with Gasteiger partial charge in [0.05, 0.1) is 0 Å². The van der Waals surface area contributed by atoms with Crippen molar-refractivity contribution in [2.45, 2.75) is 31.8 Å². The van der Waals surface area contributed by atoms with Gasteiger partial charge in [-0.2, -0.15) is 0 Å². The van der Waals surface area contributed by atoms with Crippen LogP contribution in [-0.2, 0) is 6.54 Å². The van der Waals surface area contributed by atoms with Crippen LogP contribution in [0.4, 0.5) is 0 Å². The Balaban J connectivity index is 2.07. The zero-order valence-electron chi connectivity index (χ0n) is 10.6. The predicted molar refractivity (Wildman–Crippen MR) is 73.1 cm³/mol. The van der Waals surface area contributed by atoms with Crippen LogP contribution < -0.4 is 5.73 Å². The highest BCUT2D eigenvalue weighted by Crippen LogP contribution is 2.42. The first kappa shape index (κ1) is 12.9. The lowest BCUT2D eigenvalue weighted by atomic mass is 9.93. The van der Waals surface area contributed by atoms with Crippen LogP contribution in [0.3, 0.4) is 0 Å². The van der Waals surface area contributed by atoms with Crippen molar-refractivity contribution >= 4 is 11.6 Å². The molecule has 1 aromatic rings. The Labute approximate surface area is 109 Å². The summed E-state index contributed by atoms with van der Waals surface area (Å²) in [6.07, 6.45) is 2.63. The van der Waals surface area contributed by atoms with E-state index in [1.54, 1.807) is 0 Å². The van der Waals surface area contributed by atoms with Crippen LogP contribution in [0, 0.1) is 5.92 Å². The molecule has 0 aliphatic heterocycles. The van der Waals surface area contributed by atoms with E-state index in [1.165, 1.54) is 18.4 Å². The van der Waals surface area contributed by atoms with E-state index in [-0.39, 0.29) is 5.54 Å². The summed E-state index contributed by atoms with van der Waals surface area (Å²) in [5.74, 6) is 0.761. The van der Waals surface area contributed by atoms with E-state index in [0.29, 0.717) is 6.54 Å². The smallest absolute Gasteiger partial charge is 0.0409 e. The topological polar surface area (TPSA) is 29.3 Å². The molecule has 0 spiro atoms. The van der Waals surface area contributed by atoms with Crippen molar-refractivity contribution in [3.8, 4) is 0 Å². The fraction of sp³-hybridized carbons (Fsp3) is 0.571. The second kappa shape index (κ2) is 4.97. The second-order valence-electron chi connectivity index (χ2n) is 5.32. The van der Waals surface area contributed by atoms with Crippen molar-refractivity contribution in [2.75, 3.05) is 13.6 Å². The summed E-state index contributed by atoms with van der Waals surface area (Å²) >= 11 is 6.01. The number of halogens is 1. The minimum absolute atomic E-state index is 0.127. The Kier molecular flexibility index (Phi) is 3.76. The van der Waals surface area contributed by atoms with Gasteiger partial charge in [0, 0.05) is 23.7 Å². The molecule has 2 nitrogen and oxygen atoms in total. The number of rotatable bonds is 5. The van der Waals surface area contributed by atoms with Crippen LogP contribution in [0.2, 0.25) is 5.02 Å². The molecule has 0 bridgehead atoms. The Hall–Kier alpha value is -0.570. The first-order valence-corrected chi connectivity index (χ1v) is 6.60. The fourth-order valence-electron chi connectivity index (χ4n) is 2.43. The van der Waals surface area contributed by atoms with Gasteiger partial charge in [-0.05, 0) is 50.4 Å². The van der Waals surface area contributed by atoms with Crippen molar-refractivity contribution in [1.82, 2.24) is 4.90 Å². The SMILES string of the molecule is CN(Cc1cccc(Cl)c1)C(C)(CN)C1CC1. The number of benzene rings is 1. The maximum absolute atomic E-state index is 6.01. The van der Waals surface area contributed by atoms with Gasteiger partial charge in [0.15, 0.2) is 0 Å². The molecule has 0 radical (unpaired) electrons. The highest BCUT2D eigenvalue weighted by Gasteiger charge is 2.43. The highest BCUT2D eigenvalue weighted by atomic mass is 35.5. The molecule has 0 heterocycles. The van der Waals surface area contributed by atoms with Crippen LogP contribution in [0.1, 0.15) is 25.3 Å². The molecule has 2 rings (SSSR count). The van der Waals surface area contributed by atoms with E-state index >= 15 is 0 Å². The average molecular weight is 253 g/mol. The van der Waals surface area contributed by atoms with Crippen LogP contribution >= 0.6 is 11.6 Å². The Morgan fingerprint density at radius 2 is 2.18 bits per heavy atom. The standard InChI is InChI=1S/C14H21ClN2/c1-14(10-16,12-6-7-12)17(2)9-11-4-3-5-13(15)8-11/h3-5,8,12H,6-7,9-10,16H2,1-2H3. The largest absolute Gasteiger partial charge is 0.329 e. The van der Waals surface area contributed by atoms with E-state index in [9.17, 15) is 0 Å². The maximum atomic E-state index is 6.01. The number of nitrogens with zero attached hydrogens (tertiary/aromatic N) is 1. The van der Waals surface area contributed by atoms with Gasteiger partial charge in [-0.1, -0.05) is 23.7 Å². The quantitative estimate of drug-likeness (QED) is 0.873. The van der Waals surface area contributed by atoms with Gasteiger partial charge >= 0.3 is 0 Å². The van der Waals surface area contributed by atoms with Crippen molar-refractivity contribution in [1.29, 1.82) is 0 Å². The minimum Gasteiger partial charge on any atom is -0.329 e. The normalized spacial score (nSPS) is 19.4. The molecule has 94 valence electrons. The third kappa shape index (κ3) is 2.82. The zero-order valence-corrected chi connectivity index (χ0v) is 11.4. The molecule has 3 heteroatoms. The summed E-state index contributed by atoms with van der Waals surface area (Å²) in [7, 11) is 2.16. The molecule has 0 saturated heterocycles. The summed E-state index contributed by atoms with van der Waals surface area (Å²) < 4.78 is 0. The molecule has 17 heavy (non-hydrogen) atoms. The average Bonchev–Trinajstić information content (AvgIpc) is 3.12. The molecule has 1 fully saturated rings. The van der Waals surface area contributed by atoms with Gasteiger partial charge in [-0.15, -0.1) is 0 Å². The molecule has 0 aromatic heterocycles. The first-order chi connectivity index (χ1) is 8.06. The second-order valence-corrected chi connectivity index (χ2v) is 5.76. The highest BCUT2D eigenvalue weighted by molar-refractivity contribution is 6.30. The number of nitrogens with two attached hydrogens (primary N) is 1. The van der Waals surface area contributed by atoms with Crippen LogP contribution in [-0.4, -0.2) is 24.0 Å². The number of likely N-dealkylation sites (N-methyl/N-ethyl adjacent to an activating group) is 1. The summed E-state index contributed by atoms with van der Waals surface area (Å²) in [4.78, 5) is 2.37. The van der Waals surface area contributed by atoms with Crippen molar-refractivity contribution in [3.63, 3.8) is 0 Å². The van der Waals surface area contributed by atoms with Crippen molar-refractivity contribution < 1.29 is 0 Å². The molecule has 1 aromatic carbocycles. The fourth-order valence-corrected chi connectivity index (χ4v) is 2.64. The molecule has 2 N–H and O–H groups in total. The lowest BCUT2D eigenvalue weighted by Crippen LogP contribution is -2.51. The molecular formula is C14H21ClN2. The van der Waals surface area contributed by atoms with Gasteiger partial charge in [-0.3, -0.25) is 4.90 Å². The number of hydrogen-bond donors (Lipinski definition) is 1. The van der Waals surface area contributed by atoms with Crippen molar-refractivity contribution in [3.05, 3.63) is 34.9 Å². The van der Waals surface area contributed by atoms with Gasteiger partial charge in [0.25, 0.3) is 0 Å². The van der Waals surface area contributed by atoms with Crippen LogP contribution in [0.5, 0.6) is 0 Å². The Morgan fingerprint density at radius 3 is 2.71 bits per heavy atom. The van der Waals surface area contributed by atoms with Gasteiger partial charge < -0.3 is 5.73 Å². The third-order valence-corrected chi connectivity index (χ3v) is 4.29. The van der Waals surface area contributed by atoms with Gasteiger partial charge in [0.2, 0.25) is 0 Å². The van der Waals surface area contributed by atoms with E-state index in [0.717, 1.165) is 17.5 Å². The zero-order chi connectivity index (χ0) is 12.5. The molecule has 1 unspecified atom stereocenters. The van der Waals surface area contributed by atoms with Gasteiger partial charge in [0.1, 0.15) is 0 Å². The number of hydrogen-bond acceptors (Lipinski definition) is 2. The van der Waals surface area contributed by atoms with Crippen LogP contribution in [0.15, 0.2) is 24.3 Å². The predicted octanol–water partition coefficient (Wildman–Crippen LogP) is 2.90. The maximum Gasteiger partial charge on any atom is 0.0409 e. The van der Waals surface area contributed by atoms with E-state index in [4.69, 9.17) is 17.3 Å². The molecule has 0 amide bonds. The van der Waals surface area contributed by atoms with Crippen LogP contribution in [0.25, 0.3) is 0 Å². The summed E-state index contributed by atoms with van der Waals surface area (Å²) in [6, 6.07) is 8.06. The summed E-state index contributed by atoms with van der Waals surface area (Å²) in [6.45, 7) is 3.90. The van der Waals surface area contributed by atoms with Crippen molar-refractivity contribution in [2.24, 2.45) is 11.7 Å². The summed E-state index contributed by atoms with van der Waals surface area (Å²) in [5.41, 5.74) is 7.34. The molecule has 1 aliphatic rings. The third-order valence-electron chi connectivity index (χ3n) is 4.05. The summed E-state index contributed by atoms with van der Waals surface area (Å²) in [5, 5.41) is 0.803.